The van der Waals surface area contributed by atoms with Crippen LogP contribution in [0.15, 0.2) is 12.3 Å². The molecule has 0 aromatic carbocycles. The summed E-state index contributed by atoms with van der Waals surface area (Å²) in [4.78, 5) is 9.50. The second-order valence-corrected chi connectivity index (χ2v) is 6.52. The van der Waals surface area contributed by atoms with Gasteiger partial charge in [-0.1, -0.05) is 6.42 Å². The van der Waals surface area contributed by atoms with Gasteiger partial charge < -0.3 is 9.64 Å². The lowest BCUT2D eigenvalue weighted by Crippen LogP contribution is -2.29. The number of rotatable bonds is 4. The van der Waals surface area contributed by atoms with Gasteiger partial charge in [0.1, 0.15) is 0 Å². The summed E-state index contributed by atoms with van der Waals surface area (Å²) < 4.78 is 5.48. The van der Waals surface area contributed by atoms with Crippen LogP contribution in [0.25, 0.3) is 0 Å². The maximum absolute atomic E-state index is 5.48. The molecule has 116 valence electrons. The number of methoxy groups -OCH3 is 1. The van der Waals surface area contributed by atoms with Crippen molar-refractivity contribution in [2.75, 3.05) is 40.3 Å². The maximum atomic E-state index is 5.48. The van der Waals surface area contributed by atoms with Crippen molar-refractivity contribution in [3.8, 4) is 5.88 Å². The molecule has 4 nitrogen and oxygen atoms in total. The van der Waals surface area contributed by atoms with Gasteiger partial charge in [-0.05, 0) is 63.5 Å². The third kappa shape index (κ3) is 3.55. The number of pyridine rings is 1. The van der Waals surface area contributed by atoms with Crippen molar-refractivity contribution >= 4 is 0 Å². The number of likely N-dealkylation sites (tertiary alicyclic amines) is 2. The molecule has 1 aromatic rings. The highest BCUT2D eigenvalue weighted by molar-refractivity contribution is 5.32. The third-order valence-corrected chi connectivity index (χ3v) is 4.85. The minimum Gasteiger partial charge on any atom is -0.481 e. The zero-order chi connectivity index (χ0) is 14.7. The summed E-state index contributed by atoms with van der Waals surface area (Å²) in [6.45, 7) is 5.74. The molecule has 3 heterocycles. The summed E-state index contributed by atoms with van der Waals surface area (Å²) in [6.07, 6.45) is 7.28. The highest BCUT2D eigenvalue weighted by atomic mass is 16.5. The van der Waals surface area contributed by atoms with E-state index in [0.29, 0.717) is 5.92 Å². The molecule has 2 aliphatic heterocycles. The van der Waals surface area contributed by atoms with E-state index in [1.807, 2.05) is 6.20 Å². The van der Waals surface area contributed by atoms with Gasteiger partial charge in [-0.3, -0.25) is 4.90 Å². The Hall–Kier alpha value is -1.13. The van der Waals surface area contributed by atoms with Crippen LogP contribution in [0.2, 0.25) is 0 Å². The molecule has 0 spiro atoms. The molecule has 1 aromatic heterocycles. The molecule has 0 saturated carbocycles. The lowest BCUT2D eigenvalue weighted by molar-refractivity contribution is 0.217. The minimum atomic E-state index is 0.633. The highest BCUT2D eigenvalue weighted by Gasteiger charge is 2.23. The lowest BCUT2D eigenvalue weighted by Gasteiger charge is -2.27. The number of aromatic nitrogens is 1. The number of piperidine rings is 1. The molecule has 2 fully saturated rings. The van der Waals surface area contributed by atoms with Gasteiger partial charge in [0.2, 0.25) is 5.88 Å². The Morgan fingerprint density at radius 2 is 2.05 bits per heavy atom. The van der Waals surface area contributed by atoms with E-state index in [0.717, 1.165) is 19.0 Å². The van der Waals surface area contributed by atoms with Gasteiger partial charge in [-0.25, -0.2) is 4.98 Å². The Bertz CT molecular complexity index is 471. The second kappa shape index (κ2) is 6.75. The van der Waals surface area contributed by atoms with Gasteiger partial charge >= 0.3 is 0 Å². The van der Waals surface area contributed by atoms with Gasteiger partial charge in [0, 0.05) is 24.8 Å². The van der Waals surface area contributed by atoms with Gasteiger partial charge in [0.05, 0.1) is 7.11 Å². The largest absolute Gasteiger partial charge is 0.481 e. The van der Waals surface area contributed by atoms with Crippen molar-refractivity contribution in [3.63, 3.8) is 0 Å². The van der Waals surface area contributed by atoms with Crippen molar-refractivity contribution in [1.82, 2.24) is 14.8 Å². The molecule has 0 aliphatic carbocycles. The first kappa shape index (κ1) is 14.8. The molecular formula is C17H27N3O. The molecule has 0 N–H and O–H groups in total. The van der Waals surface area contributed by atoms with Crippen molar-refractivity contribution < 1.29 is 4.74 Å². The molecule has 21 heavy (non-hydrogen) atoms. The van der Waals surface area contributed by atoms with Crippen LogP contribution >= 0.6 is 0 Å². The Morgan fingerprint density at radius 1 is 1.24 bits per heavy atom. The number of nitrogens with zero attached hydrogens (tertiary/aromatic N) is 3. The monoisotopic (exact) mass is 289 g/mol. The standard InChI is InChI=1S/C17H27N3O/c1-19-9-6-14(12-19)15-10-16(17(21-2)18-11-15)13-20-7-4-3-5-8-20/h10-11,14H,3-9,12-13H2,1-2H3. The topological polar surface area (TPSA) is 28.6 Å². The smallest absolute Gasteiger partial charge is 0.217 e. The van der Waals surface area contributed by atoms with Crippen LogP contribution in [0.1, 0.15) is 42.7 Å². The molecule has 0 radical (unpaired) electrons. The Kier molecular flexibility index (Phi) is 4.76. The zero-order valence-electron chi connectivity index (χ0n) is 13.3. The first-order valence-corrected chi connectivity index (χ1v) is 8.20. The van der Waals surface area contributed by atoms with Gasteiger partial charge in [-0.15, -0.1) is 0 Å². The van der Waals surface area contributed by atoms with Crippen molar-refractivity contribution in [3.05, 3.63) is 23.4 Å². The molecule has 1 unspecified atom stereocenters. The fourth-order valence-corrected chi connectivity index (χ4v) is 3.60. The van der Waals surface area contributed by atoms with E-state index in [2.05, 4.69) is 27.9 Å². The second-order valence-electron chi connectivity index (χ2n) is 6.52. The van der Waals surface area contributed by atoms with Crippen LogP contribution in [-0.4, -0.2) is 55.1 Å². The fourth-order valence-electron chi connectivity index (χ4n) is 3.60. The lowest BCUT2D eigenvalue weighted by atomic mass is 9.98. The van der Waals surface area contributed by atoms with E-state index < -0.39 is 0 Å². The average Bonchev–Trinajstić information content (AvgIpc) is 2.95. The quantitative estimate of drug-likeness (QED) is 0.851. The van der Waals surface area contributed by atoms with Crippen molar-refractivity contribution in [1.29, 1.82) is 0 Å². The van der Waals surface area contributed by atoms with E-state index in [4.69, 9.17) is 4.74 Å². The fraction of sp³-hybridized carbons (Fsp3) is 0.706. The zero-order valence-corrected chi connectivity index (χ0v) is 13.3. The summed E-state index contributed by atoms with van der Waals surface area (Å²) >= 11 is 0. The maximum Gasteiger partial charge on any atom is 0.217 e. The number of ether oxygens (including phenoxy) is 1. The minimum absolute atomic E-state index is 0.633. The van der Waals surface area contributed by atoms with E-state index in [9.17, 15) is 0 Å². The first-order chi connectivity index (χ1) is 10.3. The van der Waals surface area contributed by atoms with Gasteiger partial charge in [0.15, 0.2) is 0 Å². The van der Waals surface area contributed by atoms with Crippen LogP contribution < -0.4 is 4.74 Å². The van der Waals surface area contributed by atoms with Crippen molar-refractivity contribution in [2.45, 2.75) is 38.1 Å². The normalized spacial score (nSPS) is 24.4. The van der Waals surface area contributed by atoms with Gasteiger partial charge in [-0.2, -0.15) is 0 Å². The number of hydrogen-bond donors (Lipinski definition) is 0. The Morgan fingerprint density at radius 3 is 2.71 bits per heavy atom. The highest BCUT2D eigenvalue weighted by Crippen LogP contribution is 2.29. The van der Waals surface area contributed by atoms with Crippen LogP contribution in [0.5, 0.6) is 5.88 Å². The average molecular weight is 289 g/mol. The summed E-state index contributed by atoms with van der Waals surface area (Å²) in [6, 6.07) is 2.34. The molecule has 0 bridgehead atoms. The third-order valence-electron chi connectivity index (χ3n) is 4.85. The van der Waals surface area contributed by atoms with Crippen LogP contribution in [0, 0.1) is 0 Å². The van der Waals surface area contributed by atoms with Crippen LogP contribution in [0.4, 0.5) is 0 Å². The predicted molar refractivity (Wildman–Crippen MR) is 84.8 cm³/mol. The van der Waals surface area contributed by atoms with Crippen LogP contribution in [0.3, 0.4) is 0 Å². The Labute approximate surface area is 128 Å². The Balaban J connectivity index is 1.76. The number of hydrogen-bond acceptors (Lipinski definition) is 4. The summed E-state index contributed by atoms with van der Waals surface area (Å²) in [5.74, 6) is 1.43. The van der Waals surface area contributed by atoms with Crippen molar-refractivity contribution in [2.24, 2.45) is 0 Å². The van der Waals surface area contributed by atoms with E-state index in [1.54, 1.807) is 7.11 Å². The molecule has 2 saturated heterocycles. The van der Waals surface area contributed by atoms with Crippen LogP contribution in [-0.2, 0) is 6.54 Å². The predicted octanol–water partition coefficient (Wildman–Crippen LogP) is 2.50. The van der Waals surface area contributed by atoms with E-state index in [-0.39, 0.29) is 0 Å². The summed E-state index contributed by atoms with van der Waals surface area (Å²) in [5.41, 5.74) is 2.64. The first-order valence-electron chi connectivity index (χ1n) is 8.20. The molecular weight excluding hydrogens is 262 g/mol. The van der Waals surface area contributed by atoms with E-state index >= 15 is 0 Å². The molecule has 1 atom stereocenters. The molecule has 3 rings (SSSR count). The molecule has 0 amide bonds. The summed E-state index contributed by atoms with van der Waals surface area (Å²) in [7, 11) is 3.93. The van der Waals surface area contributed by atoms with E-state index in [1.165, 1.54) is 56.4 Å². The van der Waals surface area contributed by atoms with Gasteiger partial charge in [0.25, 0.3) is 0 Å². The molecule has 4 heteroatoms. The number of likely N-dealkylation sites (N-methyl/N-ethyl adjacent to an activating group) is 1. The molecule has 2 aliphatic rings. The summed E-state index contributed by atoms with van der Waals surface area (Å²) in [5, 5.41) is 0. The SMILES string of the molecule is COc1ncc(C2CCN(C)C2)cc1CN1CCCCC1.